The molecule has 1 heteroatoms. The van der Waals surface area contributed by atoms with Crippen molar-refractivity contribution in [1.29, 1.82) is 0 Å². The first-order chi connectivity index (χ1) is 8.99. The zero-order chi connectivity index (χ0) is 14.0. The second-order valence-corrected chi connectivity index (χ2v) is 6.80. The van der Waals surface area contributed by atoms with Gasteiger partial charge in [0.25, 0.3) is 0 Å². The standard InChI is InChI=1S/C18H29N/c1-12(2)15-6-8-16(9-7-15)18(19)17-10-5-13(3)11-14(17)4/h5,10-12,15-16,18H,6-9,19H2,1-4H3. The van der Waals surface area contributed by atoms with E-state index in [-0.39, 0.29) is 6.04 Å². The summed E-state index contributed by atoms with van der Waals surface area (Å²) in [7, 11) is 0. The summed E-state index contributed by atoms with van der Waals surface area (Å²) < 4.78 is 0. The highest BCUT2D eigenvalue weighted by molar-refractivity contribution is 5.33. The summed E-state index contributed by atoms with van der Waals surface area (Å²) in [6.45, 7) is 9.06. The van der Waals surface area contributed by atoms with Gasteiger partial charge in [0.2, 0.25) is 0 Å². The fourth-order valence-electron chi connectivity index (χ4n) is 3.62. The number of rotatable bonds is 3. The van der Waals surface area contributed by atoms with E-state index in [1.807, 2.05) is 0 Å². The lowest BCUT2D eigenvalue weighted by molar-refractivity contribution is 0.203. The van der Waals surface area contributed by atoms with Gasteiger partial charge in [0.1, 0.15) is 0 Å². The van der Waals surface area contributed by atoms with E-state index < -0.39 is 0 Å². The van der Waals surface area contributed by atoms with Crippen molar-refractivity contribution in [3.63, 3.8) is 0 Å². The van der Waals surface area contributed by atoms with E-state index in [0.717, 1.165) is 11.8 Å². The molecule has 106 valence electrons. The molecule has 19 heavy (non-hydrogen) atoms. The highest BCUT2D eigenvalue weighted by Crippen LogP contribution is 2.39. The Bertz CT molecular complexity index is 414. The molecule has 0 heterocycles. The van der Waals surface area contributed by atoms with Gasteiger partial charge in [-0.1, -0.05) is 37.6 Å². The summed E-state index contributed by atoms with van der Waals surface area (Å²) >= 11 is 0. The molecule has 0 saturated heterocycles. The van der Waals surface area contributed by atoms with Crippen molar-refractivity contribution in [2.75, 3.05) is 0 Å². The van der Waals surface area contributed by atoms with Gasteiger partial charge in [-0.25, -0.2) is 0 Å². The largest absolute Gasteiger partial charge is 0.324 e. The first-order valence-electron chi connectivity index (χ1n) is 7.81. The minimum absolute atomic E-state index is 0.230. The summed E-state index contributed by atoms with van der Waals surface area (Å²) in [6, 6.07) is 6.93. The van der Waals surface area contributed by atoms with Gasteiger partial charge >= 0.3 is 0 Å². The van der Waals surface area contributed by atoms with Crippen molar-refractivity contribution in [2.24, 2.45) is 23.5 Å². The summed E-state index contributed by atoms with van der Waals surface area (Å²) in [4.78, 5) is 0. The molecule has 1 aromatic carbocycles. The fourth-order valence-corrected chi connectivity index (χ4v) is 3.62. The lowest BCUT2D eigenvalue weighted by atomic mass is 9.73. The highest BCUT2D eigenvalue weighted by Gasteiger charge is 2.28. The Labute approximate surface area is 118 Å². The van der Waals surface area contributed by atoms with E-state index >= 15 is 0 Å². The third-order valence-electron chi connectivity index (χ3n) is 5.05. The van der Waals surface area contributed by atoms with E-state index in [2.05, 4.69) is 45.9 Å². The Morgan fingerprint density at radius 2 is 1.58 bits per heavy atom. The van der Waals surface area contributed by atoms with Crippen LogP contribution in [0.3, 0.4) is 0 Å². The molecule has 0 bridgehead atoms. The number of hydrogen-bond donors (Lipinski definition) is 1. The van der Waals surface area contributed by atoms with Crippen LogP contribution in [0.4, 0.5) is 0 Å². The lowest BCUT2D eigenvalue weighted by Crippen LogP contribution is -2.28. The second-order valence-electron chi connectivity index (χ2n) is 6.80. The zero-order valence-corrected chi connectivity index (χ0v) is 12.9. The van der Waals surface area contributed by atoms with Crippen LogP contribution in [0, 0.1) is 31.6 Å². The molecule has 0 spiro atoms. The molecule has 1 atom stereocenters. The summed E-state index contributed by atoms with van der Waals surface area (Å²) in [5, 5.41) is 0. The molecule has 1 nitrogen and oxygen atoms in total. The molecule has 0 aliphatic heterocycles. The lowest BCUT2D eigenvalue weighted by Gasteiger charge is -2.34. The minimum Gasteiger partial charge on any atom is -0.324 e. The molecule has 0 radical (unpaired) electrons. The monoisotopic (exact) mass is 259 g/mol. The van der Waals surface area contributed by atoms with Crippen molar-refractivity contribution in [3.8, 4) is 0 Å². The third-order valence-corrected chi connectivity index (χ3v) is 5.05. The van der Waals surface area contributed by atoms with E-state index in [0.29, 0.717) is 5.92 Å². The van der Waals surface area contributed by atoms with Crippen molar-refractivity contribution in [1.82, 2.24) is 0 Å². The number of hydrogen-bond acceptors (Lipinski definition) is 1. The first-order valence-corrected chi connectivity index (χ1v) is 7.81. The average molecular weight is 259 g/mol. The van der Waals surface area contributed by atoms with E-state index in [4.69, 9.17) is 5.73 Å². The van der Waals surface area contributed by atoms with Crippen LogP contribution in [0.15, 0.2) is 18.2 Å². The van der Waals surface area contributed by atoms with E-state index in [1.54, 1.807) is 0 Å². The van der Waals surface area contributed by atoms with Gasteiger partial charge in [0, 0.05) is 6.04 Å². The normalized spacial score (nSPS) is 25.6. The molecule has 1 aromatic rings. The van der Waals surface area contributed by atoms with E-state index in [1.165, 1.54) is 42.4 Å². The Kier molecular flexibility index (Phi) is 4.67. The first kappa shape index (κ1) is 14.6. The Morgan fingerprint density at radius 3 is 2.11 bits per heavy atom. The molecular formula is C18H29N. The third kappa shape index (κ3) is 3.39. The van der Waals surface area contributed by atoms with Crippen LogP contribution in [-0.2, 0) is 0 Å². The van der Waals surface area contributed by atoms with Gasteiger partial charge in [0.05, 0.1) is 0 Å². The molecule has 1 aliphatic carbocycles. The van der Waals surface area contributed by atoms with E-state index in [9.17, 15) is 0 Å². The van der Waals surface area contributed by atoms with Crippen LogP contribution in [0.5, 0.6) is 0 Å². The maximum Gasteiger partial charge on any atom is 0.0326 e. The van der Waals surface area contributed by atoms with Crippen LogP contribution >= 0.6 is 0 Å². The van der Waals surface area contributed by atoms with Gasteiger partial charge in [0.15, 0.2) is 0 Å². The Balaban J connectivity index is 2.03. The van der Waals surface area contributed by atoms with Crippen LogP contribution in [-0.4, -0.2) is 0 Å². The van der Waals surface area contributed by atoms with Crippen molar-refractivity contribution < 1.29 is 0 Å². The molecule has 1 fully saturated rings. The van der Waals surface area contributed by atoms with Crippen LogP contribution in [0.1, 0.15) is 62.3 Å². The quantitative estimate of drug-likeness (QED) is 0.831. The molecular weight excluding hydrogens is 230 g/mol. The Hall–Kier alpha value is -0.820. The maximum absolute atomic E-state index is 6.54. The number of nitrogens with two attached hydrogens (primary N) is 1. The van der Waals surface area contributed by atoms with Crippen LogP contribution in [0.2, 0.25) is 0 Å². The Morgan fingerprint density at radius 1 is 1.00 bits per heavy atom. The zero-order valence-electron chi connectivity index (χ0n) is 12.9. The molecule has 0 aromatic heterocycles. The molecule has 1 aliphatic rings. The molecule has 2 N–H and O–H groups in total. The molecule has 1 saturated carbocycles. The number of benzene rings is 1. The predicted molar refractivity (Wildman–Crippen MR) is 83.1 cm³/mol. The summed E-state index contributed by atoms with van der Waals surface area (Å²) in [5.74, 6) is 2.43. The van der Waals surface area contributed by atoms with Crippen molar-refractivity contribution in [3.05, 3.63) is 34.9 Å². The number of aryl methyl sites for hydroxylation is 2. The highest BCUT2D eigenvalue weighted by atomic mass is 14.7. The van der Waals surface area contributed by atoms with Gasteiger partial charge in [-0.15, -0.1) is 0 Å². The predicted octanol–water partition coefficient (Wildman–Crippen LogP) is 4.77. The van der Waals surface area contributed by atoms with Gasteiger partial charge in [-0.3, -0.25) is 0 Å². The maximum atomic E-state index is 6.54. The molecule has 0 amide bonds. The van der Waals surface area contributed by atoms with Crippen molar-refractivity contribution >= 4 is 0 Å². The molecule has 1 unspecified atom stereocenters. The topological polar surface area (TPSA) is 26.0 Å². The SMILES string of the molecule is Cc1ccc(C(N)C2CCC(C(C)C)CC2)c(C)c1. The summed E-state index contributed by atoms with van der Waals surface area (Å²) in [6.07, 6.45) is 5.33. The van der Waals surface area contributed by atoms with Gasteiger partial charge in [-0.2, -0.15) is 0 Å². The smallest absolute Gasteiger partial charge is 0.0326 e. The second kappa shape index (κ2) is 6.09. The van der Waals surface area contributed by atoms with Crippen molar-refractivity contribution in [2.45, 2.75) is 59.4 Å². The van der Waals surface area contributed by atoms with Gasteiger partial charge < -0.3 is 5.73 Å². The fraction of sp³-hybridized carbons (Fsp3) is 0.667. The minimum atomic E-state index is 0.230. The average Bonchev–Trinajstić information content (AvgIpc) is 2.38. The summed E-state index contributed by atoms with van der Waals surface area (Å²) in [5.41, 5.74) is 10.6. The van der Waals surface area contributed by atoms with Crippen LogP contribution in [0.25, 0.3) is 0 Å². The van der Waals surface area contributed by atoms with Gasteiger partial charge in [-0.05, 0) is 68.4 Å². The molecule has 2 rings (SSSR count). The van der Waals surface area contributed by atoms with Crippen LogP contribution < -0.4 is 5.73 Å².